The van der Waals surface area contributed by atoms with Crippen LogP contribution in [-0.2, 0) is 9.59 Å². The second kappa shape index (κ2) is 11.5. The number of nitrogens with zero attached hydrogens (tertiary/aromatic N) is 3. The number of carbonyl (C=O) groups excluding carboxylic acids is 2. The Morgan fingerprint density at radius 1 is 1.26 bits per heavy atom. The Bertz CT molecular complexity index is 878. The molecule has 0 unspecified atom stereocenters. The predicted molar refractivity (Wildman–Crippen MR) is 123 cm³/mol. The van der Waals surface area contributed by atoms with Crippen LogP contribution >= 0.6 is 11.8 Å². The first-order chi connectivity index (χ1) is 15.1. The number of benzene rings is 1. The lowest BCUT2D eigenvalue weighted by Gasteiger charge is -2.32. The van der Waals surface area contributed by atoms with Gasteiger partial charge in [-0.05, 0) is 43.5 Å². The van der Waals surface area contributed by atoms with E-state index < -0.39 is 0 Å². The quantitative estimate of drug-likeness (QED) is 0.575. The number of aromatic nitrogens is 2. The molecule has 2 heterocycles. The lowest BCUT2D eigenvalue weighted by Crippen LogP contribution is -2.43. The van der Waals surface area contributed by atoms with Gasteiger partial charge < -0.3 is 20.3 Å². The molecule has 1 aromatic heterocycles. The maximum atomic E-state index is 12.3. The van der Waals surface area contributed by atoms with Gasteiger partial charge in [0.2, 0.25) is 11.8 Å². The molecule has 1 aliphatic rings. The topological polar surface area (TPSA) is 96.5 Å². The van der Waals surface area contributed by atoms with Crippen LogP contribution in [0.3, 0.4) is 0 Å². The minimum Gasteiger partial charge on any atom is -0.497 e. The number of hydrogen-bond donors (Lipinski definition) is 2. The van der Waals surface area contributed by atoms with Crippen LogP contribution in [0, 0.1) is 5.92 Å². The highest BCUT2D eigenvalue weighted by Gasteiger charge is 2.26. The molecule has 9 heteroatoms. The maximum Gasteiger partial charge on any atom is 0.234 e. The first-order valence-electron chi connectivity index (χ1n) is 10.5. The van der Waals surface area contributed by atoms with Gasteiger partial charge in [0.15, 0.2) is 5.82 Å². The average molecular weight is 444 g/mol. The summed E-state index contributed by atoms with van der Waals surface area (Å²) in [5.74, 6) is 1.66. The van der Waals surface area contributed by atoms with Gasteiger partial charge in [0.1, 0.15) is 10.8 Å². The molecule has 1 fully saturated rings. The van der Waals surface area contributed by atoms with E-state index in [1.54, 1.807) is 13.2 Å². The molecule has 0 spiro atoms. The van der Waals surface area contributed by atoms with Crippen LogP contribution in [0.25, 0.3) is 0 Å². The predicted octanol–water partition coefficient (Wildman–Crippen LogP) is 2.96. The molecule has 2 aromatic rings. The van der Waals surface area contributed by atoms with Crippen molar-refractivity contribution < 1.29 is 14.3 Å². The maximum absolute atomic E-state index is 12.3. The van der Waals surface area contributed by atoms with E-state index in [1.807, 2.05) is 37.3 Å². The van der Waals surface area contributed by atoms with Crippen molar-refractivity contribution in [3.63, 3.8) is 0 Å². The summed E-state index contributed by atoms with van der Waals surface area (Å²) >= 11 is 1.33. The number of piperidine rings is 1. The number of thioether (sulfide) groups is 1. The van der Waals surface area contributed by atoms with Crippen LogP contribution in [0.2, 0.25) is 0 Å². The zero-order valence-corrected chi connectivity index (χ0v) is 18.8. The fourth-order valence-corrected chi connectivity index (χ4v) is 4.00. The van der Waals surface area contributed by atoms with Gasteiger partial charge in [-0.2, -0.15) is 0 Å². The summed E-state index contributed by atoms with van der Waals surface area (Å²) in [5, 5.41) is 15.1. The molecule has 31 heavy (non-hydrogen) atoms. The molecular weight excluding hydrogens is 414 g/mol. The van der Waals surface area contributed by atoms with Crippen LogP contribution in [0.5, 0.6) is 5.75 Å². The highest BCUT2D eigenvalue weighted by atomic mass is 32.2. The smallest absolute Gasteiger partial charge is 0.234 e. The summed E-state index contributed by atoms with van der Waals surface area (Å²) in [6.07, 6.45) is 2.78. The lowest BCUT2D eigenvalue weighted by molar-refractivity contribution is -0.125. The summed E-state index contributed by atoms with van der Waals surface area (Å²) in [7, 11) is 1.59. The van der Waals surface area contributed by atoms with Gasteiger partial charge in [-0.25, -0.2) is 0 Å². The summed E-state index contributed by atoms with van der Waals surface area (Å²) in [4.78, 5) is 26.6. The SMILES string of the molecule is CCCNC(=O)[C@H]1CCCN(c2ccc(SCC(=O)Nc3cccc(OC)c3)nn2)C1. The summed E-state index contributed by atoms with van der Waals surface area (Å²) in [6, 6.07) is 11.0. The number of nitrogens with one attached hydrogen (secondary N) is 2. The molecule has 3 rings (SSSR count). The van der Waals surface area contributed by atoms with Crippen molar-refractivity contribution in [1.82, 2.24) is 15.5 Å². The fraction of sp³-hybridized carbons (Fsp3) is 0.455. The third-order valence-corrected chi connectivity index (χ3v) is 5.92. The van der Waals surface area contributed by atoms with Crippen molar-refractivity contribution in [2.24, 2.45) is 5.92 Å². The zero-order valence-electron chi connectivity index (χ0n) is 18.0. The molecule has 0 aliphatic carbocycles. The summed E-state index contributed by atoms with van der Waals surface area (Å²) in [6.45, 7) is 4.28. The summed E-state index contributed by atoms with van der Waals surface area (Å²) in [5.41, 5.74) is 0.689. The number of amides is 2. The number of anilines is 2. The van der Waals surface area contributed by atoms with Crippen LogP contribution in [-0.4, -0.2) is 54.5 Å². The Morgan fingerprint density at radius 3 is 2.87 bits per heavy atom. The minimum atomic E-state index is -0.124. The van der Waals surface area contributed by atoms with Gasteiger partial charge in [-0.1, -0.05) is 24.8 Å². The molecule has 0 saturated carbocycles. The summed E-state index contributed by atoms with van der Waals surface area (Å²) < 4.78 is 5.16. The van der Waals surface area contributed by atoms with E-state index in [1.165, 1.54) is 11.8 Å². The van der Waals surface area contributed by atoms with Crippen molar-refractivity contribution >= 4 is 35.1 Å². The highest BCUT2D eigenvalue weighted by Crippen LogP contribution is 2.23. The van der Waals surface area contributed by atoms with E-state index in [9.17, 15) is 9.59 Å². The number of hydrogen-bond acceptors (Lipinski definition) is 7. The van der Waals surface area contributed by atoms with Gasteiger partial charge in [-0.3, -0.25) is 9.59 Å². The van der Waals surface area contributed by atoms with Gasteiger partial charge in [-0.15, -0.1) is 10.2 Å². The van der Waals surface area contributed by atoms with Crippen molar-refractivity contribution in [2.75, 3.05) is 42.7 Å². The molecule has 2 amide bonds. The Morgan fingerprint density at radius 2 is 2.13 bits per heavy atom. The number of ether oxygens (including phenoxy) is 1. The fourth-order valence-electron chi connectivity index (χ4n) is 3.39. The van der Waals surface area contributed by atoms with Crippen LogP contribution in [0.4, 0.5) is 11.5 Å². The monoisotopic (exact) mass is 443 g/mol. The zero-order chi connectivity index (χ0) is 22.1. The van der Waals surface area contributed by atoms with Gasteiger partial charge >= 0.3 is 0 Å². The van der Waals surface area contributed by atoms with E-state index in [0.717, 1.165) is 31.6 Å². The molecule has 1 aliphatic heterocycles. The largest absolute Gasteiger partial charge is 0.497 e. The van der Waals surface area contributed by atoms with Crippen LogP contribution < -0.4 is 20.3 Å². The van der Waals surface area contributed by atoms with Gasteiger partial charge in [0.05, 0.1) is 18.8 Å². The molecule has 1 atom stereocenters. The minimum absolute atomic E-state index is 0.0172. The number of methoxy groups -OCH3 is 1. The van der Waals surface area contributed by atoms with Crippen LogP contribution in [0.15, 0.2) is 41.4 Å². The lowest BCUT2D eigenvalue weighted by atomic mass is 9.97. The van der Waals surface area contributed by atoms with Gasteiger partial charge in [0, 0.05) is 31.4 Å². The van der Waals surface area contributed by atoms with Crippen LogP contribution in [0.1, 0.15) is 26.2 Å². The van der Waals surface area contributed by atoms with E-state index in [0.29, 0.717) is 29.6 Å². The molecule has 1 aromatic carbocycles. The normalized spacial score (nSPS) is 15.9. The first-order valence-corrected chi connectivity index (χ1v) is 11.5. The Kier molecular flexibility index (Phi) is 8.52. The molecule has 0 radical (unpaired) electrons. The van der Waals surface area contributed by atoms with E-state index >= 15 is 0 Å². The molecule has 2 N–H and O–H groups in total. The van der Waals surface area contributed by atoms with Crippen molar-refractivity contribution in [3.05, 3.63) is 36.4 Å². The van der Waals surface area contributed by atoms with Crippen molar-refractivity contribution in [1.29, 1.82) is 0 Å². The molecule has 166 valence electrons. The molecule has 0 bridgehead atoms. The molecular formula is C22H29N5O3S. The Hall–Kier alpha value is -2.81. The number of rotatable bonds is 9. The van der Waals surface area contributed by atoms with Crippen molar-refractivity contribution in [2.45, 2.75) is 31.2 Å². The van der Waals surface area contributed by atoms with Gasteiger partial charge in [0.25, 0.3) is 0 Å². The average Bonchev–Trinajstić information content (AvgIpc) is 2.81. The third kappa shape index (κ3) is 6.85. The van der Waals surface area contributed by atoms with Crippen molar-refractivity contribution in [3.8, 4) is 5.75 Å². The molecule has 1 saturated heterocycles. The second-order valence-electron chi connectivity index (χ2n) is 7.37. The van der Waals surface area contributed by atoms with E-state index in [4.69, 9.17) is 4.74 Å². The van der Waals surface area contributed by atoms with E-state index in [-0.39, 0.29) is 23.5 Å². The molecule has 8 nitrogen and oxygen atoms in total. The Balaban J connectivity index is 1.49. The second-order valence-corrected chi connectivity index (χ2v) is 8.37. The highest BCUT2D eigenvalue weighted by molar-refractivity contribution is 7.99. The number of carbonyl (C=O) groups is 2. The first kappa shape index (κ1) is 22.9. The third-order valence-electron chi connectivity index (χ3n) is 5.00. The standard InChI is InChI=1S/C22H29N5O3S/c1-3-11-23-22(29)16-6-5-12-27(14-16)19-9-10-21(26-25-19)31-15-20(28)24-17-7-4-8-18(13-17)30-2/h4,7-10,13,16H,3,5-6,11-12,14-15H2,1-2H3,(H,23,29)(H,24,28)/t16-/m0/s1. The Labute approximate surface area is 187 Å². The van der Waals surface area contributed by atoms with E-state index in [2.05, 4.69) is 25.7 Å².